The molecule has 2 aromatic heterocycles. The first kappa shape index (κ1) is 19.6. The van der Waals surface area contributed by atoms with Gasteiger partial charge in [-0.3, -0.25) is 4.79 Å². The molecule has 0 spiro atoms. The van der Waals surface area contributed by atoms with Gasteiger partial charge in [-0.05, 0) is 49.9 Å². The summed E-state index contributed by atoms with van der Waals surface area (Å²) in [7, 11) is -3.38. The van der Waals surface area contributed by atoms with E-state index in [-0.39, 0.29) is 10.8 Å². The molecule has 0 atom stereocenters. The first-order valence-electron chi connectivity index (χ1n) is 9.69. The van der Waals surface area contributed by atoms with Crippen molar-refractivity contribution in [2.45, 2.75) is 50.3 Å². The summed E-state index contributed by atoms with van der Waals surface area (Å²) in [6.07, 6.45) is 4.78. The highest BCUT2D eigenvalue weighted by Crippen LogP contribution is 2.40. The number of hydrogen-bond donors (Lipinski definition) is 1. The third-order valence-electron chi connectivity index (χ3n) is 5.15. The predicted octanol–water partition coefficient (Wildman–Crippen LogP) is 4.02. The maximum atomic E-state index is 13.2. The Balaban J connectivity index is 1.78. The van der Waals surface area contributed by atoms with E-state index < -0.39 is 9.84 Å². The molecule has 1 N–H and O–H groups in total. The lowest BCUT2D eigenvalue weighted by atomic mass is 10.0. The minimum absolute atomic E-state index is 0.161. The third kappa shape index (κ3) is 3.89. The molecule has 0 saturated heterocycles. The fraction of sp³-hybridized carbons (Fsp3) is 0.381. The number of nitrogens with zero attached hydrogens (tertiary/aromatic N) is 2. The topological polar surface area (TPSA) is 102 Å². The van der Waals surface area contributed by atoms with E-state index in [1.807, 2.05) is 19.9 Å². The van der Waals surface area contributed by atoms with Crippen LogP contribution in [-0.4, -0.2) is 30.7 Å². The van der Waals surface area contributed by atoms with Crippen LogP contribution in [0.5, 0.6) is 0 Å². The van der Waals surface area contributed by atoms with Crippen LogP contribution in [0.4, 0.5) is 5.69 Å². The van der Waals surface area contributed by atoms with Crippen LogP contribution in [0.1, 0.15) is 59.4 Å². The van der Waals surface area contributed by atoms with Crippen molar-refractivity contribution in [3.8, 4) is 0 Å². The maximum Gasteiger partial charge on any atom is 0.259 e. The molecule has 1 aliphatic rings. The van der Waals surface area contributed by atoms with E-state index in [2.05, 4.69) is 15.5 Å². The van der Waals surface area contributed by atoms with E-state index in [0.29, 0.717) is 40.4 Å². The summed E-state index contributed by atoms with van der Waals surface area (Å²) in [6.45, 7) is 3.85. The number of aromatic nitrogens is 2. The molecule has 1 fully saturated rings. The fourth-order valence-electron chi connectivity index (χ4n) is 3.36. The fourth-order valence-corrected chi connectivity index (χ4v) is 4.01. The number of carbonyl (C=O) groups excluding carboxylic acids is 1. The quantitative estimate of drug-likeness (QED) is 0.655. The van der Waals surface area contributed by atoms with E-state index in [9.17, 15) is 13.2 Å². The molecule has 1 saturated carbocycles. The zero-order valence-corrected chi connectivity index (χ0v) is 17.5. The average molecular weight is 413 g/mol. The number of benzene rings is 1. The molecule has 2 heterocycles. The molecule has 7 nitrogen and oxygen atoms in total. The van der Waals surface area contributed by atoms with Gasteiger partial charge in [-0.2, -0.15) is 0 Å². The largest absolute Gasteiger partial charge is 0.336 e. The number of anilines is 1. The first-order chi connectivity index (χ1) is 13.8. The highest BCUT2D eigenvalue weighted by molar-refractivity contribution is 7.90. The summed E-state index contributed by atoms with van der Waals surface area (Å²) in [5.74, 6) is 0.0228. The van der Waals surface area contributed by atoms with Crippen LogP contribution in [0.15, 0.2) is 33.7 Å². The van der Waals surface area contributed by atoms with Crippen molar-refractivity contribution in [2.75, 3.05) is 11.6 Å². The molecular weight excluding hydrogens is 390 g/mol. The number of fused-ring (bicyclic) bond motifs is 1. The number of sulfone groups is 1. The average Bonchev–Trinajstić information content (AvgIpc) is 3.44. The molecule has 0 bridgehead atoms. The summed E-state index contributed by atoms with van der Waals surface area (Å²) < 4.78 is 29.2. The Labute approximate surface area is 169 Å². The molecule has 0 radical (unpaired) electrons. The minimum Gasteiger partial charge on any atom is -0.336 e. The lowest BCUT2D eigenvalue weighted by molar-refractivity contribution is 0.102. The van der Waals surface area contributed by atoms with Crippen molar-refractivity contribution in [1.29, 1.82) is 0 Å². The van der Waals surface area contributed by atoms with Crippen molar-refractivity contribution < 1.29 is 17.7 Å². The second-order valence-corrected chi connectivity index (χ2v) is 9.65. The molecule has 8 heteroatoms. The van der Waals surface area contributed by atoms with Gasteiger partial charge < -0.3 is 9.84 Å². The normalized spacial score (nSPS) is 14.3. The lowest BCUT2D eigenvalue weighted by Gasteiger charge is -2.11. The smallest absolute Gasteiger partial charge is 0.259 e. The number of rotatable bonds is 6. The number of amides is 1. The van der Waals surface area contributed by atoms with Crippen molar-refractivity contribution >= 4 is 32.5 Å². The van der Waals surface area contributed by atoms with E-state index in [1.54, 1.807) is 6.07 Å². The molecular formula is C21H23N3O4S. The second-order valence-electron chi connectivity index (χ2n) is 7.63. The molecule has 3 aromatic rings. The standard InChI is InChI=1S/C21H23N3O4S/c1-4-5-16-19-15(11-18(13-7-8-13)23-21(19)28-24-16)20(25)22-17-10-14(29(3,26)27)9-6-12(17)2/h6,9-11,13H,4-5,7-8H2,1-3H3,(H,22,25). The van der Waals surface area contributed by atoms with Gasteiger partial charge in [-0.1, -0.05) is 24.6 Å². The highest BCUT2D eigenvalue weighted by atomic mass is 32.2. The molecule has 0 aliphatic heterocycles. The van der Waals surface area contributed by atoms with Gasteiger partial charge in [0.15, 0.2) is 9.84 Å². The predicted molar refractivity (Wildman–Crippen MR) is 110 cm³/mol. The Morgan fingerprint density at radius 1 is 1.28 bits per heavy atom. The summed E-state index contributed by atoms with van der Waals surface area (Å²) in [4.78, 5) is 18.0. The molecule has 1 aromatic carbocycles. The van der Waals surface area contributed by atoms with Gasteiger partial charge in [0, 0.05) is 23.6 Å². The number of carbonyl (C=O) groups is 1. The van der Waals surface area contributed by atoms with Gasteiger partial charge in [-0.15, -0.1) is 0 Å². The Hall–Kier alpha value is -2.74. The van der Waals surface area contributed by atoms with Crippen molar-refractivity contribution in [3.63, 3.8) is 0 Å². The zero-order valence-electron chi connectivity index (χ0n) is 16.7. The molecule has 0 unspecified atom stereocenters. The van der Waals surface area contributed by atoms with Gasteiger partial charge in [-0.25, -0.2) is 13.4 Å². The number of aryl methyl sites for hydroxylation is 2. The number of pyridine rings is 1. The summed E-state index contributed by atoms with van der Waals surface area (Å²) in [5, 5.41) is 7.63. The highest BCUT2D eigenvalue weighted by Gasteiger charge is 2.29. The zero-order chi connectivity index (χ0) is 20.8. The summed E-state index contributed by atoms with van der Waals surface area (Å²) in [5.41, 5.74) is 3.63. The van der Waals surface area contributed by atoms with Gasteiger partial charge in [0.2, 0.25) is 0 Å². The van der Waals surface area contributed by atoms with Crippen LogP contribution in [0, 0.1) is 6.92 Å². The van der Waals surface area contributed by atoms with Crippen LogP contribution < -0.4 is 5.32 Å². The van der Waals surface area contributed by atoms with Crippen LogP contribution in [0.3, 0.4) is 0 Å². The van der Waals surface area contributed by atoms with Gasteiger partial charge in [0.05, 0.1) is 21.5 Å². The maximum absolute atomic E-state index is 13.2. The molecule has 4 rings (SSSR count). The first-order valence-corrected chi connectivity index (χ1v) is 11.6. The van der Waals surface area contributed by atoms with E-state index >= 15 is 0 Å². The second kappa shape index (κ2) is 7.26. The van der Waals surface area contributed by atoms with Gasteiger partial charge in [0.1, 0.15) is 0 Å². The third-order valence-corrected chi connectivity index (χ3v) is 6.26. The van der Waals surface area contributed by atoms with Gasteiger partial charge >= 0.3 is 0 Å². The Kier molecular flexibility index (Phi) is 4.90. The number of nitrogens with one attached hydrogen (secondary N) is 1. The van der Waals surface area contributed by atoms with Crippen LogP contribution >= 0.6 is 0 Å². The Bertz CT molecular complexity index is 1210. The number of hydrogen-bond acceptors (Lipinski definition) is 6. The monoisotopic (exact) mass is 413 g/mol. The van der Waals surface area contributed by atoms with Gasteiger partial charge in [0.25, 0.3) is 11.6 Å². The van der Waals surface area contributed by atoms with Crippen molar-refractivity contribution in [2.24, 2.45) is 0 Å². The van der Waals surface area contributed by atoms with Crippen LogP contribution in [0.2, 0.25) is 0 Å². The van der Waals surface area contributed by atoms with Crippen LogP contribution in [-0.2, 0) is 16.3 Å². The van der Waals surface area contributed by atoms with E-state index in [0.717, 1.165) is 36.8 Å². The van der Waals surface area contributed by atoms with E-state index in [1.165, 1.54) is 12.1 Å². The van der Waals surface area contributed by atoms with Crippen molar-refractivity contribution in [3.05, 3.63) is 46.8 Å². The van der Waals surface area contributed by atoms with Crippen molar-refractivity contribution in [1.82, 2.24) is 10.1 Å². The summed E-state index contributed by atoms with van der Waals surface area (Å²) >= 11 is 0. The molecule has 152 valence electrons. The molecule has 1 aliphatic carbocycles. The van der Waals surface area contributed by atoms with Crippen LogP contribution in [0.25, 0.3) is 11.1 Å². The molecule has 1 amide bonds. The minimum atomic E-state index is -3.38. The Morgan fingerprint density at radius 3 is 2.69 bits per heavy atom. The Morgan fingerprint density at radius 2 is 2.03 bits per heavy atom. The SMILES string of the molecule is CCCc1noc2nc(C3CC3)cc(C(=O)Nc3cc(S(C)(=O)=O)ccc3C)c12. The summed E-state index contributed by atoms with van der Waals surface area (Å²) in [6, 6.07) is 6.53. The lowest BCUT2D eigenvalue weighted by Crippen LogP contribution is -2.15. The molecule has 29 heavy (non-hydrogen) atoms. The van der Waals surface area contributed by atoms with E-state index in [4.69, 9.17) is 4.52 Å².